The predicted octanol–water partition coefficient (Wildman–Crippen LogP) is 6.09. The summed E-state index contributed by atoms with van der Waals surface area (Å²) in [6.07, 6.45) is 0. The molecule has 0 saturated carbocycles. The van der Waals surface area contributed by atoms with Gasteiger partial charge in [-0.1, -0.05) is 0 Å². The van der Waals surface area contributed by atoms with Crippen molar-refractivity contribution in [1.82, 2.24) is 0 Å². The van der Waals surface area contributed by atoms with Crippen LogP contribution in [0.25, 0.3) is 0 Å². The molecule has 0 unspecified atom stereocenters. The van der Waals surface area contributed by atoms with Crippen molar-refractivity contribution >= 4 is 11.6 Å². The molecule has 0 spiro atoms. The summed E-state index contributed by atoms with van der Waals surface area (Å²) in [4.78, 5) is 0. The van der Waals surface area contributed by atoms with Gasteiger partial charge in [0, 0.05) is 11.8 Å². The van der Waals surface area contributed by atoms with Crippen molar-refractivity contribution in [3.8, 4) is 11.5 Å². The first-order chi connectivity index (χ1) is 11.9. The maximum Gasteiger partial charge on any atom is 0.119 e. The van der Waals surface area contributed by atoms with E-state index in [9.17, 15) is 0 Å². The van der Waals surface area contributed by atoms with E-state index in [1.165, 1.54) is 33.4 Å². The van der Waals surface area contributed by atoms with E-state index in [4.69, 9.17) is 21.1 Å². The van der Waals surface area contributed by atoms with Crippen LogP contribution in [0.2, 0.25) is 0 Å². The Morgan fingerprint density at radius 3 is 1.28 bits per heavy atom. The molecule has 0 N–H and O–H groups in total. The molecule has 0 bridgehead atoms. The van der Waals surface area contributed by atoms with Crippen LogP contribution in [0.1, 0.15) is 53.1 Å². The third-order valence-corrected chi connectivity index (χ3v) is 4.92. The summed E-state index contributed by atoms with van der Waals surface area (Å²) in [6, 6.07) is 8.46. The van der Waals surface area contributed by atoms with Crippen molar-refractivity contribution in [1.29, 1.82) is 0 Å². The molecule has 0 aliphatic carbocycles. The van der Waals surface area contributed by atoms with Gasteiger partial charge in [0.1, 0.15) is 11.5 Å². The highest BCUT2D eigenvalue weighted by Crippen LogP contribution is 2.37. The van der Waals surface area contributed by atoms with Gasteiger partial charge in [0.2, 0.25) is 0 Å². The molecule has 0 aliphatic rings. The first-order valence-electron chi connectivity index (χ1n) is 8.96. The molecule has 2 aromatic rings. The van der Waals surface area contributed by atoms with Crippen LogP contribution in [0.5, 0.6) is 11.5 Å². The van der Waals surface area contributed by atoms with Crippen LogP contribution in [0.15, 0.2) is 24.3 Å². The Morgan fingerprint density at radius 1 is 0.720 bits per heavy atom. The zero-order chi connectivity index (χ0) is 18.6. The highest BCUT2D eigenvalue weighted by Gasteiger charge is 2.22. The highest BCUT2D eigenvalue weighted by molar-refractivity contribution is 6.18. The number of rotatable bonds is 7. The SMILES string of the molecule is CCOc1cc(C)c(C(CCl)c2c(C)cc(OCC)cc2C)c(C)c1. The maximum absolute atomic E-state index is 6.46. The summed E-state index contributed by atoms with van der Waals surface area (Å²) in [7, 11) is 0. The summed E-state index contributed by atoms with van der Waals surface area (Å²) < 4.78 is 11.4. The van der Waals surface area contributed by atoms with Crippen molar-refractivity contribution < 1.29 is 9.47 Å². The van der Waals surface area contributed by atoms with Crippen molar-refractivity contribution in [2.24, 2.45) is 0 Å². The van der Waals surface area contributed by atoms with Crippen LogP contribution in [-0.4, -0.2) is 19.1 Å². The van der Waals surface area contributed by atoms with Crippen LogP contribution in [0.4, 0.5) is 0 Å². The van der Waals surface area contributed by atoms with Crippen molar-refractivity contribution in [2.75, 3.05) is 19.1 Å². The minimum absolute atomic E-state index is 0.160. The van der Waals surface area contributed by atoms with Gasteiger partial charge in [0.05, 0.1) is 13.2 Å². The van der Waals surface area contributed by atoms with E-state index in [1.807, 2.05) is 13.8 Å². The summed E-state index contributed by atoms with van der Waals surface area (Å²) in [5.74, 6) is 2.56. The molecular weight excluding hydrogens is 332 g/mol. The minimum Gasteiger partial charge on any atom is -0.494 e. The number of ether oxygens (including phenoxy) is 2. The Morgan fingerprint density at radius 2 is 1.04 bits per heavy atom. The predicted molar refractivity (Wildman–Crippen MR) is 107 cm³/mol. The standard InChI is InChI=1S/C22H29ClO2/c1-7-24-18-9-14(3)21(15(4)10-18)20(13-23)22-16(5)11-19(25-8-2)12-17(22)6/h9-12,20H,7-8,13H2,1-6H3. The Balaban J connectivity index is 2.54. The molecule has 0 saturated heterocycles. The molecule has 2 rings (SSSR count). The molecule has 25 heavy (non-hydrogen) atoms. The number of hydrogen-bond donors (Lipinski definition) is 0. The molecule has 136 valence electrons. The minimum atomic E-state index is 0.160. The Kier molecular flexibility index (Phi) is 6.78. The summed E-state index contributed by atoms with van der Waals surface area (Å²) in [5.41, 5.74) is 7.50. The lowest BCUT2D eigenvalue weighted by molar-refractivity contribution is 0.339. The monoisotopic (exact) mass is 360 g/mol. The van der Waals surface area contributed by atoms with Crippen molar-refractivity contribution in [2.45, 2.75) is 47.5 Å². The quantitative estimate of drug-likeness (QED) is 0.556. The van der Waals surface area contributed by atoms with E-state index in [1.54, 1.807) is 0 Å². The molecule has 3 heteroatoms. The lowest BCUT2D eigenvalue weighted by Crippen LogP contribution is -2.11. The average Bonchev–Trinajstić information content (AvgIpc) is 2.52. The first-order valence-corrected chi connectivity index (χ1v) is 9.50. The molecule has 0 radical (unpaired) electrons. The third kappa shape index (κ3) is 4.30. The van der Waals surface area contributed by atoms with Gasteiger partial charge in [-0.3, -0.25) is 0 Å². The second-order valence-electron chi connectivity index (χ2n) is 6.51. The number of benzene rings is 2. The van der Waals surface area contributed by atoms with Crippen LogP contribution in [0.3, 0.4) is 0 Å². The molecule has 0 heterocycles. The fourth-order valence-corrected chi connectivity index (χ4v) is 4.08. The molecule has 0 atom stereocenters. The smallest absolute Gasteiger partial charge is 0.119 e. The van der Waals surface area contributed by atoms with Gasteiger partial charge in [-0.05, 0) is 99.2 Å². The molecule has 0 aromatic heterocycles. The molecule has 0 amide bonds. The fourth-order valence-electron chi connectivity index (χ4n) is 3.77. The zero-order valence-electron chi connectivity index (χ0n) is 16.2. The third-order valence-electron chi connectivity index (χ3n) is 4.61. The molecule has 2 aromatic carbocycles. The van der Waals surface area contributed by atoms with E-state index in [-0.39, 0.29) is 5.92 Å². The lowest BCUT2D eigenvalue weighted by atomic mass is 9.82. The number of aryl methyl sites for hydroxylation is 4. The van der Waals surface area contributed by atoms with Crippen LogP contribution < -0.4 is 9.47 Å². The molecular formula is C22H29ClO2. The molecule has 0 fully saturated rings. The number of halogens is 1. The normalized spacial score (nSPS) is 11.0. The molecule has 2 nitrogen and oxygen atoms in total. The fraction of sp³-hybridized carbons (Fsp3) is 0.455. The first kappa shape index (κ1) is 19.7. The Hall–Kier alpha value is -1.67. The van der Waals surface area contributed by atoms with E-state index in [0.717, 1.165) is 11.5 Å². The molecule has 0 aliphatic heterocycles. The van der Waals surface area contributed by atoms with Gasteiger partial charge in [-0.2, -0.15) is 0 Å². The van der Waals surface area contributed by atoms with Gasteiger partial charge in [0.25, 0.3) is 0 Å². The van der Waals surface area contributed by atoms with Crippen molar-refractivity contribution in [3.63, 3.8) is 0 Å². The maximum atomic E-state index is 6.46. The van der Waals surface area contributed by atoms with E-state index in [0.29, 0.717) is 19.1 Å². The Labute approximate surface area is 157 Å². The van der Waals surface area contributed by atoms with Gasteiger partial charge >= 0.3 is 0 Å². The topological polar surface area (TPSA) is 18.5 Å². The summed E-state index contributed by atoms with van der Waals surface area (Å²) >= 11 is 6.46. The lowest BCUT2D eigenvalue weighted by Gasteiger charge is -2.25. The van der Waals surface area contributed by atoms with Crippen LogP contribution in [-0.2, 0) is 0 Å². The largest absolute Gasteiger partial charge is 0.494 e. The number of alkyl halides is 1. The van der Waals surface area contributed by atoms with E-state index < -0.39 is 0 Å². The van der Waals surface area contributed by atoms with Gasteiger partial charge in [-0.15, -0.1) is 11.6 Å². The summed E-state index contributed by atoms with van der Waals surface area (Å²) in [6.45, 7) is 13.9. The Bertz CT molecular complexity index is 629. The van der Waals surface area contributed by atoms with E-state index >= 15 is 0 Å². The van der Waals surface area contributed by atoms with Crippen LogP contribution >= 0.6 is 11.6 Å². The van der Waals surface area contributed by atoms with E-state index in [2.05, 4.69) is 52.0 Å². The second kappa shape index (κ2) is 8.62. The van der Waals surface area contributed by atoms with Crippen molar-refractivity contribution in [3.05, 3.63) is 57.6 Å². The van der Waals surface area contributed by atoms with Gasteiger partial charge in [0.15, 0.2) is 0 Å². The zero-order valence-corrected chi connectivity index (χ0v) is 17.0. The second-order valence-corrected chi connectivity index (χ2v) is 6.82. The van der Waals surface area contributed by atoms with Gasteiger partial charge in [-0.25, -0.2) is 0 Å². The highest BCUT2D eigenvalue weighted by atomic mass is 35.5. The van der Waals surface area contributed by atoms with Gasteiger partial charge < -0.3 is 9.47 Å². The van der Waals surface area contributed by atoms with Crippen LogP contribution in [0, 0.1) is 27.7 Å². The average molecular weight is 361 g/mol. The number of hydrogen-bond acceptors (Lipinski definition) is 2. The summed E-state index contributed by atoms with van der Waals surface area (Å²) in [5, 5.41) is 0.